The van der Waals surface area contributed by atoms with Gasteiger partial charge in [-0.1, -0.05) is 0 Å². The first kappa shape index (κ1) is 12.0. The summed E-state index contributed by atoms with van der Waals surface area (Å²) in [4.78, 5) is 27.4. The Balaban J connectivity index is 1.86. The molecule has 2 aliphatic rings. The first-order valence-corrected chi connectivity index (χ1v) is 6.60. The van der Waals surface area contributed by atoms with Gasteiger partial charge in [-0.25, -0.2) is 9.69 Å². The summed E-state index contributed by atoms with van der Waals surface area (Å²) in [6.07, 6.45) is 1.69. The summed E-state index contributed by atoms with van der Waals surface area (Å²) < 4.78 is 5.35. The fraction of sp³-hybridized carbons (Fsp3) is 0.429. The van der Waals surface area contributed by atoms with Crippen molar-refractivity contribution in [3.05, 3.63) is 24.3 Å². The van der Waals surface area contributed by atoms with Gasteiger partial charge in [-0.05, 0) is 44.0 Å². The highest BCUT2D eigenvalue weighted by molar-refractivity contribution is 6.21. The molecule has 3 rings (SSSR count). The molecule has 1 atom stereocenters. The molecule has 0 aliphatic carbocycles. The highest BCUT2D eigenvalue weighted by Crippen LogP contribution is 2.31. The van der Waals surface area contributed by atoms with Gasteiger partial charge in [-0.2, -0.15) is 0 Å². The van der Waals surface area contributed by atoms with E-state index in [1.54, 1.807) is 29.2 Å². The average molecular weight is 260 g/mol. The molecule has 0 unspecified atom stereocenters. The highest BCUT2D eigenvalue weighted by Gasteiger charge is 2.47. The fourth-order valence-electron chi connectivity index (χ4n) is 2.72. The lowest BCUT2D eigenvalue weighted by atomic mass is 10.2. The Bertz CT molecular complexity index is 490. The third-order valence-corrected chi connectivity index (χ3v) is 3.60. The van der Waals surface area contributed by atoms with E-state index >= 15 is 0 Å². The molecule has 3 amide bonds. The van der Waals surface area contributed by atoms with Crippen molar-refractivity contribution >= 4 is 17.6 Å². The van der Waals surface area contributed by atoms with Gasteiger partial charge in [0.05, 0.1) is 12.3 Å². The van der Waals surface area contributed by atoms with E-state index in [-0.39, 0.29) is 18.0 Å². The lowest BCUT2D eigenvalue weighted by Gasteiger charge is -2.15. The number of carbonyl (C=O) groups excluding carboxylic acids is 2. The number of imide groups is 1. The summed E-state index contributed by atoms with van der Waals surface area (Å²) in [5, 5.41) is 0. The van der Waals surface area contributed by atoms with Crippen molar-refractivity contribution in [3.63, 3.8) is 0 Å². The van der Waals surface area contributed by atoms with Crippen molar-refractivity contribution < 1.29 is 14.3 Å². The molecule has 0 bridgehead atoms. The third kappa shape index (κ3) is 1.85. The SMILES string of the molecule is CCOc1ccc(N2C(=O)[C@H]3CCCN3C2=O)cc1. The van der Waals surface area contributed by atoms with E-state index < -0.39 is 0 Å². The summed E-state index contributed by atoms with van der Waals surface area (Å²) in [7, 11) is 0. The molecular weight excluding hydrogens is 244 g/mol. The van der Waals surface area contributed by atoms with Crippen LogP contribution in [0.5, 0.6) is 5.75 Å². The zero-order chi connectivity index (χ0) is 13.4. The summed E-state index contributed by atoms with van der Waals surface area (Å²) in [6.45, 7) is 3.19. The van der Waals surface area contributed by atoms with E-state index in [4.69, 9.17) is 4.74 Å². The Morgan fingerprint density at radius 1 is 1.26 bits per heavy atom. The fourth-order valence-corrected chi connectivity index (χ4v) is 2.72. The smallest absolute Gasteiger partial charge is 0.332 e. The number of urea groups is 1. The van der Waals surface area contributed by atoms with Gasteiger partial charge in [0.2, 0.25) is 0 Å². The normalized spacial score (nSPS) is 22.1. The summed E-state index contributed by atoms with van der Waals surface area (Å²) in [6, 6.07) is 6.62. The van der Waals surface area contributed by atoms with E-state index in [1.165, 1.54) is 4.90 Å². The molecule has 1 aromatic rings. The minimum Gasteiger partial charge on any atom is -0.494 e. The number of fused-ring (bicyclic) bond motifs is 1. The molecule has 19 heavy (non-hydrogen) atoms. The maximum Gasteiger partial charge on any atom is 0.332 e. The zero-order valence-corrected chi connectivity index (χ0v) is 10.8. The number of anilines is 1. The number of benzene rings is 1. The second-order valence-corrected chi connectivity index (χ2v) is 4.73. The molecule has 5 nitrogen and oxygen atoms in total. The molecule has 0 N–H and O–H groups in total. The molecule has 2 saturated heterocycles. The number of hydrogen-bond acceptors (Lipinski definition) is 3. The standard InChI is InChI=1S/C14H16N2O3/c1-2-19-11-7-5-10(6-8-11)16-13(17)12-4-3-9-15(12)14(16)18/h5-8,12H,2-4,9H2,1H3/t12-/m1/s1. The Kier molecular flexibility index (Phi) is 2.89. The lowest BCUT2D eigenvalue weighted by Crippen LogP contribution is -2.32. The van der Waals surface area contributed by atoms with Gasteiger partial charge in [-0.15, -0.1) is 0 Å². The number of rotatable bonds is 3. The largest absolute Gasteiger partial charge is 0.494 e. The van der Waals surface area contributed by atoms with Crippen LogP contribution >= 0.6 is 0 Å². The maximum atomic E-state index is 12.2. The van der Waals surface area contributed by atoms with E-state index in [0.29, 0.717) is 18.8 Å². The maximum absolute atomic E-state index is 12.2. The van der Waals surface area contributed by atoms with Crippen molar-refractivity contribution in [2.75, 3.05) is 18.1 Å². The second kappa shape index (κ2) is 4.57. The molecule has 2 fully saturated rings. The number of hydrogen-bond donors (Lipinski definition) is 0. The first-order valence-electron chi connectivity index (χ1n) is 6.60. The summed E-state index contributed by atoms with van der Waals surface area (Å²) in [5.74, 6) is 0.637. The number of ether oxygens (including phenoxy) is 1. The minimum atomic E-state index is -0.251. The van der Waals surface area contributed by atoms with Gasteiger partial charge in [0.15, 0.2) is 0 Å². The Morgan fingerprint density at radius 2 is 2.00 bits per heavy atom. The third-order valence-electron chi connectivity index (χ3n) is 3.60. The van der Waals surface area contributed by atoms with Gasteiger partial charge >= 0.3 is 6.03 Å². The number of nitrogens with zero attached hydrogens (tertiary/aromatic N) is 2. The Hall–Kier alpha value is -2.04. The molecule has 0 spiro atoms. The van der Waals surface area contributed by atoms with Crippen LogP contribution in [0.2, 0.25) is 0 Å². The van der Waals surface area contributed by atoms with Gasteiger partial charge in [0.1, 0.15) is 11.8 Å². The highest BCUT2D eigenvalue weighted by atomic mass is 16.5. The summed E-state index contributed by atoms with van der Waals surface area (Å²) >= 11 is 0. The predicted molar refractivity (Wildman–Crippen MR) is 70.2 cm³/mol. The number of carbonyl (C=O) groups is 2. The van der Waals surface area contributed by atoms with Crippen LogP contribution in [0.15, 0.2) is 24.3 Å². The van der Waals surface area contributed by atoms with Crippen LogP contribution in [0, 0.1) is 0 Å². The lowest BCUT2D eigenvalue weighted by molar-refractivity contribution is -0.119. The predicted octanol–water partition coefficient (Wildman–Crippen LogP) is 2.02. The molecule has 1 aromatic carbocycles. The molecule has 0 radical (unpaired) electrons. The van der Waals surface area contributed by atoms with Crippen molar-refractivity contribution in [2.24, 2.45) is 0 Å². The van der Waals surface area contributed by atoms with Crippen LogP contribution in [-0.4, -0.2) is 36.0 Å². The van der Waals surface area contributed by atoms with Crippen LogP contribution < -0.4 is 9.64 Å². The van der Waals surface area contributed by atoms with Crippen LogP contribution in [0.4, 0.5) is 10.5 Å². The van der Waals surface area contributed by atoms with Gasteiger partial charge in [0, 0.05) is 6.54 Å². The van der Waals surface area contributed by atoms with E-state index in [2.05, 4.69) is 0 Å². The molecule has 100 valence electrons. The zero-order valence-electron chi connectivity index (χ0n) is 10.8. The molecule has 0 aromatic heterocycles. The molecule has 0 saturated carbocycles. The molecule has 2 aliphatic heterocycles. The Morgan fingerprint density at radius 3 is 2.63 bits per heavy atom. The van der Waals surface area contributed by atoms with Crippen molar-refractivity contribution in [1.82, 2.24) is 4.90 Å². The first-order chi connectivity index (χ1) is 9.22. The topological polar surface area (TPSA) is 49.9 Å². The van der Waals surface area contributed by atoms with E-state index in [0.717, 1.165) is 18.6 Å². The van der Waals surface area contributed by atoms with Crippen LogP contribution in [0.1, 0.15) is 19.8 Å². The average Bonchev–Trinajstić information content (AvgIpc) is 2.97. The van der Waals surface area contributed by atoms with Crippen molar-refractivity contribution in [1.29, 1.82) is 0 Å². The Labute approximate surface area is 111 Å². The van der Waals surface area contributed by atoms with Gasteiger partial charge in [0.25, 0.3) is 5.91 Å². The van der Waals surface area contributed by atoms with Gasteiger partial charge < -0.3 is 9.64 Å². The molecule has 2 heterocycles. The monoisotopic (exact) mass is 260 g/mol. The van der Waals surface area contributed by atoms with Crippen LogP contribution in [0.3, 0.4) is 0 Å². The molecular formula is C14H16N2O3. The van der Waals surface area contributed by atoms with Crippen LogP contribution in [-0.2, 0) is 4.79 Å². The van der Waals surface area contributed by atoms with Crippen LogP contribution in [0.25, 0.3) is 0 Å². The quantitative estimate of drug-likeness (QED) is 0.781. The van der Waals surface area contributed by atoms with Crippen molar-refractivity contribution in [2.45, 2.75) is 25.8 Å². The van der Waals surface area contributed by atoms with E-state index in [1.807, 2.05) is 6.92 Å². The minimum absolute atomic E-state index is 0.105. The van der Waals surface area contributed by atoms with E-state index in [9.17, 15) is 9.59 Å². The van der Waals surface area contributed by atoms with Crippen molar-refractivity contribution in [3.8, 4) is 5.75 Å². The molecule has 5 heteroatoms. The second-order valence-electron chi connectivity index (χ2n) is 4.73. The number of amides is 3. The summed E-state index contributed by atoms with van der Waals surface area (Å²) in [5.41, 5.74) is 0.618. The van der Waals surface area contributed by atoms with Gasteiger partial charge in [-0.3, -0.25) is 4.79 Å².